The smallest absolute Gasteiger partial charge is 0.327 e. The van der Waals surface area contributed by atoms with E-state index >= 15 is 0 Å². The molecule has 1 aromatic carbocycles. The number of thiazole rings is 1. The van der Waals surface area contributed by atoms with Gasteiger partial charge in [0.2, 0.25) is 17.7 Å². The predicted molar refractivity (Wildman–Crippen MR) is 118 cm³/mol. The van der Waals surface area contributed by atoms with Crippen LogP contribution in [0.25, 0.3) is 0 Å². The zero-order chi connectivity index (χ0) is 23.5. The molecule has 3 N–H and O–H groups in total. The number of aromatic nitrogens is 1. The number of aliphatic carboxylic acids is 1. The Hall–Kier alpha value is -2.97. The second kappa shape index (κ2) is 9.67. The van der Waals surface area contributed by atoms with E-state index in [-0.39, 0.29) is 27.9 Å². The third-order valence-corrected chi connectivity index (χ3v) is 7.77. The summed E-state index contributed by atoms with van der Waals surface area (Å²) < 4.78 is 27.2. The Morgan fingerprint density at radius 1 is 1.31 bits per heavy atom. The molecule has 170 valence electrons. The van der Waals surface area contributed by atoms with Gasteiger partial charge in [-0.1, -0.05) is 0 Å². The van der Waals surface area contributed by atoms with Gasteiger partial charge in [-0.2, -0.15) is 0 Å². The fourth-order valence-electron chi connectivity index (χ4n) is 2.86. The van der Waals surface area contributed by atoms with Crippen LogP contribution in [-0.4, -0.2) is 59.2 Å². The zero-order valence-corrected chi connectivity index (χ0v) is 19.0. The highest BCUT2D eigenvalue weighted by Gasteiger charge is 2.40. The largest absolute Gasteiger partial charge is 0.480 e. The number of carboxylic acid groups (broad SMARTS) is 1. The van der Waals surface area contributed by atoms with Crippen LogP contribution in [0.4, 0.5) is 10.8 Å². The molecule has 11 nitrogen and oxygen atoms in total. The standard InChI is InChI=1S/C18H18N4O7S3/c1-10(23)20-13(17(26)27)9-31-14-8-15(24)22(16(14)25)11-2-4-12(5-3-11)32(28,29)21-18-19-6-7-30-18/h2-7,13-14H,8-9H2,1H3,(H,19,21)(H,20,23)(H,26,27). The Morgan fingerprint density at radius 2 is 2.00 bits per heavy atom. The summed E-state index contributed by atoms with van der Waals surface area (Å²) in [5.74, 6) is -2.89. The van der Waals surface area contributed by atoms with Gasteiger partial charge in [-0.3, -0.25) is 19.1 Å². The van der Waals surface area contributed by atoms with E-state index in [9.17, 15) is 27.6 Å². The summed E-state index contributed by atoms with van der Waals surface area (Å²) in [6.45, 7) is 1.18. The van der Waals surface area contributed by atoms with E-state index in [1.165, 1.54) is 37.4 Å². The van der Waals surface area contributed by atoms with Crippen LogP contribution in [0.5, 0.6) is 0 Å². The monoisotopic (exact) mass is 498 g/mol. The lowest BCUT2D eigenvalue weighted by Crippen LogP contribution is -2.42. The molecule has 2 atom stereocenters. The molecule has 2 unspecified atom stereocenters. The van der Waals surface area contributed by atoms with E-state index in [0.717, 1.165) is 28.0 Å². The van der Waals surface area contributed by atoms with Gasteiger partial charge >= 0.3 is 5.97 Å². The normalized spacial score (nSPS) is 17.3. The topological polar surface area (TPSA) is 163 Å². The van der Waals surface area contributed by atoms with Gasteiger partial charge in [0.15, 0.2) is 5.13 Å². The van der Waals surface area contributed by atoms with Gasteiger partial charge in [-0.15, -0.1) is 23.1 Å². The molecule has 3 amide bonds. The molecule has 0 saturated carbocycles. The summed E-state index contributed by atoms with van der Waals surface area (Å²) >= 11 is 2.08. The quantitative estimate of drug-likeness (QED) is 0.426. The van der Waals surface area contributed by atoms with Crippen molar-refractivity contribution in [2.45, 2.75) is 29.5 Å². The highest BCUT2D eigenvalue weighted by molar-refractivity contribution is 8.00. The van der Waals surface area contributed by atoms with Crippen LogP contribution in [-0.2, 0) is 29.2 Å². The predicted octanol–water partition coefficient (Wildman–Crippen LogP) is 0.898. The van der Waals surface area contributed by atoms with Crippen LogP contribution < -0.4 is 14.9 Å². The molecule has 0 aliphatic carbocycles. The van der Waals surface area contributed by atoms with Crippen molar-refractivity contribution in [2.24, 2.45) is 0 Å². The molecule has 1 aromatic heterocycles. The van der Waals surface area contributed by atoms with Gasteiger partial charge in [0.05, 0.1) is 15.8 Å². The van der Waals surface area contributed by atoms with E-state index in [1.807, 2.05) is 0 Å². The number of amides is 3. The SMILES string of the molecule is CC(=O)NC(CSC1CC(=O)N(c2ccc(S(=O)(=O)Nc3nccs3)cc2)C1=O)C(=O)O. The Balaban J connectivity index is 1.69. The van der Waals surface area contributed by atoms with Crippen molar-refractivity contribution in [3.05, 3.63) is 35.8 Å². The maximum atomic E-state index is 12.7. The lowest BCUT2D eigenvalue weighted by atomic mass is 10.3. The lowest BCUT2D eigenvalue weighted by molar-refractivity contribution is -0.140. The molecule has 0 bridgehead atoms. The Kier molecular flexibility index (Phi) is 7.16. The maximum absolute atomic E-state index is 12.7. The summed E-state index contributed by atoms with van der Waals surface area (Å²) in [7, 11) is -3.88. The van der Waals surface area contributed by atoms with E-state index in [2.05, 4.69) is 15.0 Å². The van der Waals surface area contributed by atoms with Crippen molar-refractivity contribution in [1.82, 2.24) is 10.3 Å². The number of nitrogens with zero attached hydrogens (tertiary/aromatic N) is 2. The second-order valence-electron chi connectivity index (χ2n) is 6.62. The lowest BCUT2D eigenvalue weighted by Gasteiger charge is -2.17. The van der Waals surface area contributed by atoms with Gasteiger partial charge in [0.1, 0.15) is 6.04 Å². The number of hydrogen-bond acceptors (Lipinski definition) is 9. The number of benzene rings is 1. The number of thioether (sulfide) groups is 1. The summed E-state index contributed by atoms with van der Waals surface area (Å²) in [4.78, 5) is 52.2. The Morgan fingerprint density at radius 3 is 2.56 bits per heavy atom. The number of sulfonamides is 1. The minimum atomic E-state index is -3.88. The molecule has 1 aliphatic rings. The zero-order valence-electron chi connectivity index (χ0n) is 16.5. The highest BCUT2D eigenvalue weighted by atomic mass is 32.2. The molecule has 3 rings (SSSR count). The van der Waals surface area contributed by atoms with E-state index < -0.39 is 45.0 Å². The number of carboxylic acids is 1. The first-order valence-corrected chi connectivity index (χ1v) is 12.5. The van der Waals surface area contributed by atoms with Crippen molar-refractivity contribution in [3.8, 4) is 0 Å². The van der Waals surface area contributed by atoms with Gasteiger partial charge < -0.3 is 10.4 Å². The first-order valence-electron chi connectivity index (χ1n) is 9.09. The first-order chi connectivity index (χ1) is 15.1. The number of rotatable bonds is 9. The van der Waals surface area contributed by atoms with E-state index in [1.54, 1.807) is 5.38 Å². The first kappa shape index (κ1) is 23.7. The van der Waals surface area contributed by atoms with Crippen LogP contribution in [0, 0.1) is 0 Å². The van der Waals surface area contributed by atoms with Gasteiger partial charge in [-0.25, -0.2) is 23.1 Å². The van der Waals surface area contributed by atoms with E-state index in [4.69, 9.17) is 5.11 Å². The van der Waals surface area contributed by atoms with Crippen LogP contribution in [0.15, 0.2) is 40.7 Å². The molecule has 0 spiro atoms. The third-order valence-electron chi connectivity index (χ3n) is 4.30. The minimum Gasteiger partial charge on any atom is -0.480 e. The van der Waals surface area contributed by atoms with Crippen molar-refractivity contribution in [2.75, 3.05) is 15.4 Å². The van der Waals surface area contributed by atoms with Crippen LogP contribution in [0.1, 0.15) is 13.3 Å². The summed E-state index contributed by atoms with van der Waals surface area (Å²) in [5.41, 5.74) is 0.202. The molecule has 1 aliphatic heterocycles. The van der Waals surface area contributed by atoms with Crippen molar-refractivity contribution < 1.29 is 32.7 Å². The van der Waals surface area contributed by atoms with Gasteiger partial charge in [0.25, 0.3) is 10.0 Å². The fraction of sp³-hybridized carbons (Fsp3) is 0.278. The van der Waals surface area contributed by atoms with E-state index in [0.29, 0.717) is 0 Å². The molecular formula is C18H18N4O7S3. The van der Waals surface area contributed by atoms with Crippen LogP contribution in [0.3, 0.4) is 0 Å². The number of carbonyl (C=O) groups excluding carboxylic acids is 3. The molecule has 1 fully saturated rings. The number of anilines is 2. The number of carbonyl (C=O) groups is 4. The highest BCUT2D eigenvalue weighted by Crippen LogP contribution is 2.31. The molecule has 0 radical (unpaired) electrons. The summed E-state index contributed by atoms with van der Waals surface area (Å²) in [6, 6.07) is 4.03. The summed E-state index contributed by atoms with van der Waals surface area (Å²) in [6.07, 6.45) is 1.32. The second-order valence-corrected chi connectivity index (χ2v) is 10.4. The van der Waals surface area contributed by atoms with Crippen LogP contribution in [0.2, 0.25) is 0 Å². The third kappa shape index (κ3) is 5.44. The number of imide groups is 1. The van der Waals surface area contributed by atoms with Gasteiger partial charge in [-0.05, 0) is 24.3 Å². The van der Waals surface area contributed by atoms with Crippen LogP contribution >= 0.6 is 23.1 Å². The molecule has 2 aromatic rings. The Labute approximate surface area is 191 Å². The molecular weight excluding hydrogens is 480 g/mol. The molecule has 32 heavy (non-hydrogen) atoms. The number of nitrogens with one attached hydrogen (secondary N) is 2. The number of hydrogen-bond donors (Lipinski definition) is 3. The molecule has 2 heterocycles. The Bertz CT molecular complexity index is 1130. The minimum absolute atomic E-state index is 0.0684. The van der Waals surface area contributed by atoms with Crippen molar-refractivity contribution in [3.63, 3.8) is 0 Å². The average molecular weight is 499 g/mol. The maximum Gasteiger partial charge on any atom is 0.327 e. The molecule has 14 heteroatoms. The van der Waals surface area contributed by atoms with Gasteiger partial charge in [0, 0.05) is 30.7 Å². The van der Waals surface area contributed by atoms with Crippen molar-refractivity contribution >= 4 is 67.6 Å². The molecule has 1 saturated heterocycles. The average Bonchev–Trinajstić information content (AvgIpc) is 3.31. The fourth-order valence-corrected chi connectivity index (χ4v) is 5.81. The van der Waals surface area contributed by atoms with Crippen molar-refractivity contribution in [1.29, 1.82) is 0 Å². The summed E-state index contributed by atoms with van der Waals surface area (Å²) in [5, 5.41) is 12.5.